The predicted octanol–water partition coefficient (Wildman–Crippen LogP) is 4.75. The van der Waals surface area contributed by atoms with Gasteiger partial charge < -0.3 is 0 Å². The number of hydrogen-bond acceptors (Lipinski definition) is 2. The van der Waals surface area contributed by atoms with Gasteiger partial charge in [0.05, 0.1) is 16.1 Å². The fourth-order valence-corrected chi connectivity index (χ4v) is 2.45. The van der Waals surface area contributed by atoms with Crippen LogP contribution in [0.1, 0.15) is 5.56 Å². The predicted molar refractivity (Wildman–Crippen MR) is 73.9 cm³/mol. The molecule has 3 rings (SSSR count). The molecule has 3 aromatic heterocycles. The maximum atomic E-state index is 12.6. The molecule has 0 bridgehead atoms. The third-order valence-electron chi connectivity index (χ3n) is 2.95. The minimum atomic E-state index is -4.48. The summed E-state index contributed by atoms with van der Waals surface area (Å²) in [5.74, 6) is 0.196. The van der Waals surface area contributed by atoms with E-state index in [1.807, 2.05) is 0 Å². The van der Waals surface area contributed by atoms with Crippen LogP contribution in [0, 0.1) is 0 Å². The van der Waals surface area contributed by atoms with Crippen molar-refractivity contribution in [2.24, 2.45) is 0 Å². The van der Waals surface area contributed by atoms with Crippen LogP contribution < -0.4 is 0 Å². The molecule has 0 N–H and O–H groups in total. The zero-order chi connectivity index (χ0) is 15.2. The van der Waals surface area contributed by atoms with Gasteiger partial charge in [0.1, 0.15) is 5.15 Å². The number of halogens is 5. The van der Waals surface area contributed by atoms with Gasteiger partial charge in [0.15, 0.2) is 5.82 Å². The molecule has 0 spiro atoms. The van der Waals surface area contributed by atoms with Gasteiger partial charge in [-0.05, 0) is 18.2 Å². The molecule has 21 heavy (non-hydrogen) atoms. The van der Waals surface area contributed by atoms with Crippen molar-refractivity contribution in [1.29, 1.82) is 0 Å². The maximum Gasteiger partial charge on any atom is 0.417 e. The monoisotopic (exact) mass is 331 g/mol. The molecule has 3 nitrogen and oxygen atoms in total. The highest BCUT2D eigenvalue weighted by Gasteiger charge is 2.31. The molecule has 0 aliphatic heterocycles. The number of fused-ring (bicyclic) bond motifs is 1. The summed E-state index contributed by atoms with van der Waals surface area (Å²) in [4.78, 5) is 7.75. The molecule has 3 aromatic rings. The summed E-state index contributed by atoms with van der Waals surface area (Å²) < 4.78 is 39.4. The van der Waals surface area contributed by atoms with Gasteiger partial charge in [-0.2, -0.15) is 13.2 Å². The lowest BCUT2D eigenvalue weighted by atomic mass is 10.2. The molecule has 3 heterocycles. The molecule has 0 unspecified atom stereocenters. The van der Waals surface area contributed by atoms with E-state index in [-0.39, 0.29) is 10.8 Å². The average Bonchev–Trinajstić information content (AvgIpc) is 2.83. The van der Waals surface area contributed by atoms with Crippen LogP contribution in [0.5, 0.6) is 0 Å². The Morgan fingerprint density at radius 2 is 1.86 bits per heavy atom. The second-order valence-corrected chi connectivity index (χ2v) is 5.01. The lowest BCUT2D eigenvalue weighted by Crippen LogP contribution is -2.07. The van der Waals surface area contributed by atoms with E-state index < -0.39 is 11.7 Å². The summed E-state index contributed by atoms with van der Waals surface area (Å²) in [6, 6.07) is 4.22. The summed E-state index contributed by atoms with van der Waals surface area (Å²) >= 11 is 11.9. The van der Waals surface area contributed by atoms with Crippen molar-refractivity contribution in [3.05, 3.63) is 52.5 Å². The summed E-state index contributed by atoms with van der Waals surface area (Å²) in [6.07, 6.45) is -0.615. The first-order valence-corrected chi connectivity index (χ1v) is 6.48. The van der Waals surface area contributed by atoms with Gasteiger partial charge in [-0.1, -0.05) is 23.2 Å². The van der Waals surface area contributed by atoms with Crippen molar-refractivity contribution in [1.82, 2.24) is 14.5 Å². The lowest BCUT2D eigenvalue weighted by molar-refractivity contribution is -0.137. The quantitative estimate of drug-likeness (QED) is 0.602. The largest absolute Gasteiger partial charge is 0.417 e. The molecule has 0 aromatic carbocycles. The SMILES string of the molecule is FC(F)(F)c1cnc(-n2ccc3c(Cl)nccc32)c(Cl)c1. The van der Waals surface area contributed by atoms with Crippen molar-refractivity contribution in [3.63, 3.8) is 0 Å². The molecule has 0 fully saturated rings. The Balaban J connectivity index is 2.18. The Hall–Kier alpha value is -1.79. The summed E-state index contributed by atoms with van der Waals surface area (Å²) in [5.41, 5.74) is -0.239. The fourth-order valence-electron chi connectivity index (χ4n) is 1.98. The zero-order valence-corrected chi connectivity index (χ0v) is 11.7. The van der Waals surface area contributed by atoms with Gasteiger partial charge in [-0.15, -0.1) is 0 Å². The molecular formula is C13H6Cl2F3N3. The smallest absolute Gasteiger partial charge is 0.300 e. The average molecular weight is 332 g/mol. The molecule has 0 atom stereocenters. The molecule has 0 radical (unpaired) electrons. The Morgan fingerprint density at radius 3 is 2.52 bits per heavy atom. The Kier molecular flexibility index (Phi) is 3.30. The maximum absolute atomic E-state index is 12.6. The Bertz CT molecular complexity index is 827. The van der Waals surface area contributed by atoms with E-state index in [0.29, 0.717) is 16.1 Å². The second kappa shape index (κ2) is 4.89. The van der Waals surface area contributed by atoms with Crippen LogP contribution in [0.4, 0.5) is 13.2 Å². The van der Waals surface area contributed by atoms with Crippen LogP contribution in [-0.2, 0) is 6.18 Å². The minimum Gasteiger partial charge on any atom is -0.300 e. The number of pyridine rings is 2. The third kappa shape index (κ3) is 2.45. The molecule has 8 heteroatoms. The summed E-state index contributed by atoms with van der Waals surface area (Å²) in [6.45, 7) is 0. The highest BCUT2D eigenvalue weighted by Crippen LogP contribution is 2.33. The molecule has 0 aliphatic carbocycles. The lowest BCUT2D eigenvalue weighted by Gasteiger charge is -2.10. The van der Waals surface area contributed by atoms with E-state index >= 15 is 0 Å². The zero-order valence-electron chi connectivity index (χ0n) is 10.2. The first kappa shape index (κ1) is 14.2. The molecule has 0 saturated heterocycles. The molecule has 0 aliphatic rings. The van der Waals surface area contributed by atoms with Crippen molar-refractivity contribution in [2.75, 3.05) is 0 Å². The van der Waals surface area contributed by atoms with Crippen LogP contribution >= 0.6 is 23.2 Å². The van der Waals surface area contributed by atoms with Crippen LogP contribution in [0.2, 0.25) is 10.2 Å². The number of aromatic nitrogens is 3. The summed E-state index contributed by atoms with van der Waals surface area (Å²) in [7, 11) is 0. The second-order valence-electron chi connectivity index (χ2n) is 4.25. The van der Waals surface area contributed by atoms with E-state index in [9.17, 15) is 13.2 Å². The first-order chi connectivity index (χ1) is 9.88. The normalized spacial score (nSPS) is 12.0. The van der Waals surface area contributed by atoms with Crippen LogP contribution in [0.25, 0.3) is 16.7 Å². The van der Waals surface area contributed by atoms with Crippen LogP contribution in [-0.4, -0.2) is 14.5 Å². The van der Waals surface area contributed by atoms with Crippen molar-refractivity contribution in [3.8, 4) is 5.82 Å². The highest BCUT2D eigenvalue weighted by atomic mass is 35.5. The highest BCUT2D eigenvalue weighted by molar-refractivity contribution is 6.34. The Labute approximate surface area is 126 Å². The molecule has 0 saturated carbocycles. The van der Waals surface area contributed by atoms with E-state index in [0.717, 1.165) is 12.3 Å². The van der Waals surface area contributed by atoms with E-state index in [4.69, 9.17) is 23.2 Å². The number of nitrogens with zero attached hydrogens (tertiary/aromatic N) is 3. The standard InChI is InChI=1S/C13H6Cl2F3N3/c14-9-5-7(13(16,17)18)6-20-12(9)21-4-2-8-10(21)1-3-19-11(8)15/h1-6H. The third-order valence-corrected chi connectivity index (χ3v) is 3.52. The van der Waals surface area contributed by atoms with Gasteiger partial charge in [-0.25, -0.2) is 9.97 Å². The topological polar surface area (TPSA) is 30.7 Å². The van der Waals surface area contributed by atoms with Crippen LogP contribution in [0.3, 0.4) is 0 Å². The van der Waals surface area contributed by atoms with Crippen molar-refractivity contribution < 1.29 is 13.2 Å². The molecular weight excluding hydrogens is 326 g/mol. The van der Waals surface area contributed by atoms with Crippen LogP contribution in [0.15, 0.2) is 36.8 Å². The summed E-state index contributed by atoms with van der Waals surface area (Å²) in [5, 5.41) is 0.862. The van der Waals surface area contributed by atoms with E-state index in [2.05, 4.69) is 9.97 Å². The number of hydrogen-bond donors (Lipinski definition) is 0. The van der Waals surface area contributed by atoms with Crippen molar-refractivity contribution in [2.45, 2.75) is 6.18 Å². The molecule has 0 amide bonds. The van der Waals surface area contributed by atoms with Gasteiger partial charge in [-0.3, -0.25) is 4.57 Å². The van der Waals surface area contributed by atoms with Gasteiger partial charge in [0.25, 0.3) is 0 Å². The van der Waals surface area contributed by atoms with Gasteiger partial charge >= 0.3 is 6.18 Å². The fraction of sp³-hybridized carbons (Fsp3) is 0.0769. The van der Waals surface area contributed by atoms with Gasteiger partial charge in [0, 0.05) is 24.0 Å². The number of alkyl halides is 3. The minimum absolute atomic E-state index is 0.102. The van der Waals surface area contributed by atoms with E-state index in [1.165, 1.54) is 6.20 Å². The first-order valence-electron chi connectivity index (χ1n) is 5.72. The number of rotatable bonds is 1. The Morgan fingerprint density at radius 1 is 1.10 bits per heavy atom. The van der Waals surface area contributed by atoms with Gasteiger partial charge in [0.2, 0.25) is 0 Å². The molecule has 108 valence electrons. The van der Waals surface area contributed by atoms with Crippen molar-refractivity contribution >= 4 is 34.1 Å². The van der Waals surface area contributed by atoms with E-state index in [1.54, 1.807) is 22.9 Å².